The van der Waals surface area contributed by atoms with Crippen LogP contribution in [0.3, 0.4) is 0 Å². The van der Waals surface area contributed by atoms with Gasteiger partial charge in [0.05, 0.1) is 0 Å². The summed E-state index contributed by atoms with van der Waals surface area (Å²) in [6.07, 6.45) is 0. The third-order valence-corrected chi connectivity index (χ3v) is 3.50. The maximum absolute atomic E-state index is 12.0. The van der Waals surface area contributed by atoms with Gasteiger partial charge in [-0.25, -0.2) is 4.79 Å². The lowest BCUT2D eigenvalue weighted by Gasteiger charge is -1.97. The summed E-state index contributed by atoms with van der Waals surface area (Å²) in [4.78, 5) is 12.0. The second-order valence-electron chi connectivity index (χ2n) is 4.70. The third kappa shape index (κ3) is 1.70. The molecule has 96 valence electrons. The molecule has 0 saturated heterocycles. The molecule has 0 amide bonds. The number of aryl methyl sites for hydroxylation is 3. The molecular formula is C16H14O3. The molecule has 2 aromatic heterocycles. The molecule has 0 unspecified atom stereocenters. The van der Waals surface area contributed by atoms with Crippen molar-refractivity contribution in [3.63, 3.8) is 0 Å². The first kappa shape index (κ1) is 11.8. The van der Waals surface area contributed by atoms with E-state index in [1.54, 1.807) is 6.92 Å². The molecule has 3 nitrogen and oxygen atoms in total. The Bertz CT molecular complexity index is 807. The molecule has 0 saturated carbocycles. The van der Waals surface area contributed by atoms with Crippen LogP contribution in [-0.4, -0.2) is 0 Å². The Labute approximate surface area is 110 Å². The van der Waals surface area contributed by atoms with Gasteiger partial charge in [-0.05, 0) is 20.8 Å². The Hall–Kier alpha value is -2.29. The van der Waals surface area contributed by atoms with Gasteiger partial charge < -0.3 is 8.83 Å². The molecule has 3 aromatic rings. The summed E-state index contributed by atoms with van der Waals surface area (Å²) in [6.45, 7) is 5.56. The highest BCUT2D eigenvalue weighted by Gasteiger charge is 2.19. The van der Waals surface area contributed by atoms with Gasteiger partial charge in [0.1, 0.15) is 22.5 Å². The zero-order valence-corrected chi connectivity index (χ0v) is 11.1. The van der Waals surface area contributed by atoms with Crippen LogP contribution in [0.1, 0.15) is 16.9 Å². The Morgan fingerprint density at radius 1 is 0.895 bits per heavy atom. The van der Waals surface area contributed by atoms with Crippen molar-refractivity contribution in [1.82, 2.24) is 0 Å². The molecule has 0 fully saturated rings. The minimum absolute atomic E-state index is 0.332. The molecule has 0 spiro atoms. The summed E-state index contributed by atoms with van der Waals surface area (Å²) in [6, 6.07) is 9.78. The number of fused-ring (bicyclic) bond motifs is 1. The highest BCUT2D eigenvalue weighted by atomic mass is 16.4. The number of rotatable bonds is 1. The highest BCUT2D eigenvalue weighted by molar-refractivity contribution is 5.88. The second kappa shape index (κ2) is 4.12. The molecular weight excluding hydrogens is 240 g/mol. The van der Waals surface area contributed by atoms with E-state index >= 15 is 0 Å². The molecule has 0 bridgehead atoms. The van der Waals surface area contributed by atoms with Crippen LogP contribution in [0.25, 0.3) is 22.3 Å². The first-order valence-electron chi connectivity index (χ1n) is 6.18. The van der Waals surface area contributed by atoms with Gasteiger partial charge in [-0.15, -0.1) is 0 Å². The van der Waals surface area contributed by atoms with E-state index in [4.69, 9.17) is 8.83 Å². The fourth-order valence-corrected chi connectivity index (χ4v) is 2.31. The summed E-state index contributed by atoms with van der Waals surface area (Å²) in [5.74, 6) is 1.34. The van der Waals surface area contributed by atoms with E-state index in [0.717, 1.165) is 22.5 Å². The monoisotopic (exact) mass is 254 g/mol. The predicted molar refractivity (Wildman–Crippen MR) is 74.4 cm³/mol. The van der Waals surface area contributed by atoms with Crippen molar-refractivity contribution in [3.05, 3.63) is 57.6 Å². The summed E-state index contributed by atoms with van der Waals surface area (Å²) in [5.41, 5.74) is 2.97. The van der Waals surface area contributed by atoms with Crippen molar-refractivity contribution in [2.24, 2.45) is 0 Å². The van der Waals surface area contributed by atoms with Crippen molar-refractivity contribution < 1.29 is 8.83 Å². The Morgan fingerprint density at radius 3 is 2.26 bits per heavy atom. The maximum atomic E-state index is 12.0. The van der Waals surface area contributed by atoms with Crippen molar-refractivity contribution in [3.8, 4) is 11.3 Å². The molecule has 0 N–H and O–H groups in total. The van der Waals surface area contributed by atoms with Crippen LogP contribution in [0.15, 0.2) is 44.0 Å². The van der Waals surface area contributed by atoms with Crippen LogP contribution in [-0.2, 0) is 0 Å². The van der Waals surface area contributed by atoms with E-state index in [9.17, 15) is 4.79 Å². The van der Waals surface area contributed by atoms with E-state index in [1.807, 2.05) is 44.2 Å². The quantitative estimate of drug-likeness (QED) is 0.659. The molecule has 1 aromatic carbocycles. The van der Waals surface area contributed by atoms with Gasteiger partial charge in [-0.3, -0.25) is 0 Å². The van der Waals surface area contributed by atoms with E-state index in [-0.39, 0.29) is 5.63 Å². The molecule has 3 heteroatoms. The van der Waals surface area contributed by atoms with Crippen molar-refractivity contribution in [2.45, 2.75) is 20.8 Å². The van der Waals surface area contributed by atoms with Gasteiger partial charge in [0, 0.05) is 16.7 Å². The van der Waals surface area contributed by atoms with Crippen LogP contribution in [0.5, 0.6) is 0 Å². The van der Waals surface area contributed by atoms with Gasteiger partial charge in [0.15, 0.2) is 0 Å². The zero-order chi connectivity index (χ0) is 13.6. The Balaban J connectivity index is 2.42. The van der Waals surface area contributed by atoms with Gasteiger partial charge in [-0.2, -0.15) is 0 Å². The Morgan fingerprint density at radius 2 is 1.58 bits per heavy atom. The van der Waals surface area contributed by atoms with E-state index < -0.39 is 0 Å². The van der Waals surface area contributed by atoms with Gasteiger partial charge in [0.2, 0.25) is 0 Å². The average molecular weight is 254 g/mol. The fraction of sp³-hybridized carbons (Fsp3) is 0.188. The summed E-state index contributed by atoms with van der Waals surface area (Å²) < 4.78 is 11.2. The first-order valence-corrected chi connectivity index (χ1v) is 6.18. The molecule has 0 aliphatic carbocycles. The highest BCUT2D eigenvalue weighted by Crippen LogP contribution is 2.33. The van der Waals surface area contributed by atoms with Gasteiger partial charge >= 0.3 is 5.63 Å². The number of hydrogen-bond acceptors (Lipinski definition) is 3. The SMILES string of the molecule is Cc1oc(=O)c2c(C)c(-c3ccccc3)oc2c1C. The van der Waals surface area contributed by atoms with Crippen LogP contribution in [0, 0.1) is 20.8 Å². The number of hydrogen-bond donors (Lipinski definition) is 0. The molecule has 2 heterocycles. The normalized spacial score (nSPS) is 11.1. The lowest BCUT2D eigenvalue weighted by molar-refractivity contribution is 0.480. The maximum Gasteiger partial charge on any atom is 0.347 e. The van der Waals surface area contributed by atoms with Gasteiger partial charge in [0.25, 0.3) is 0 Å². The first-order chi connectivity index (χ1) is 9.09. The lowest BCUT2D eigenvalue weighted by Crippen LogP contribution is -2.02. The molecule has 0 radical (unpaired) electrons. The average Bonchev–Trinajstić information content (AvgIpc) is 2.76. The van der Waals surface area contributed by atoms with Crippen LogP contribution >= 0.6 is 0 Å². The van der Waals surface area contributed by atoms with Crippen LogP contribution in [0.4, 0.5) is 0 Å². The van der Waals surface area contributed by atoms with Crippen molar-refractivity contribution in [1.29, 1.82) is 0 Å². The van der Waals surface area contributed by atoms with Gasteiger partial charge in [-0.1, -0.05) is 30.3 Å². The second-order valence-corrected chi connectivity index (χ2v) is 4.70. The molecule has 0 atom stereocenters. The minimum Gasteiger partial charge on any atom is -0.455 e. The molecule has 19 heavy (non-hydrogen) atoms. The van der Waals surface area contributed by atoms with Crippen molar-refractivity contribution >= 4 is 11.0 Å². The number of benzene rings is 1. The third-order valence-electron chi connectivity index (χ3n) is 3.50. The zero-order valence-electron chi connectivity index (χ0n) is 11.1. The molecule has 0 aliphatic heterocycles. The standard InChI is InChI=1S/C16H14O3/c1-9-11(3)18-16(17)13-10(2)14(19-15(9)13)12-7-5-4-6-8-12/h4-8H,1-3H3. The number of furan rings is 1. The fourth-order valence-electron chi connectivity index (χ4n) is 2.31. The van der Waals surface area contributed by atoms with E-state index in [2.05, 4.69) is 0 Å². The summed E-state index contributed by atoms with van der Waals surface area (Å²) in [5, 5.41) is 0.543. The predicted octanol–water partition coefficient (Wildman–Crippen LogP) is 3.98. The van der Waals surface area contributed by atoms with Crippen molar-refractivity contribution in [2.75, 3.05) is 0 Å². The summed E-state index contributed by atoms with van der Waals surface area (Å²) >= 11 is 0. The lowest BCUT2D eigenvalue weighted by atomic mass is 10.1. The molecule has 3 rings (SSSR count). The van der Waals surface area contributed by atoms with E-state index in [0.29, 0.717) is 16.7 Å². The topological polar surface area (TPSA) is 43.4 Å². The minimum atomic E-state index is -0.332. The smallest absolute Gasteiger partial charge is 0.347 e. The van der Waals surface area contributed by atoms with Crippen LogP contribution < -0.4 is 5.63 Å². The Kier molecular flexibility index (Phi) is 2.56. The summed E-state index contributed by atoms with van der Waals surface area (Å²) in [7, 11) is 0. The largest absolute Gasteiger partial charge is 0.455 e. The molecule has 0 aliphatic rings. The van der Waals surface area contributed by atoms with Crippen LogP contribution in [0.2, 0.25) is 0 Å². The van der Waals surface area contributed by atoms with E-state index in [1.165, 1.54) is 0 Å².